The van der Waals surface area contributed by atoms with Gasteiger partial charge >= 0.3 is 0 Å². The molecule has 0 amide bonds. The summed E-state index contributed by atoms with van der Waals surface area (Å²) in [5.74, 6) is -1.59. The molecule has 110 valence electrons. The molecule has 0 radical (unpaired) electrons. The number of piperazine rings is 1. The summed E-state index contributed by atoms with van der Waals surface area (Å²) in [5.41, 5.74) is 0.794. The van der Waals surface area contributed by atoms with Crippen molar-refractivity contribution in [2.75, 3.05) is 19.6 Å². The summed E-state index contributed by atoms with van der Waals surface area (Å²) in [6, 6.07) is 4.83. The average Bonchev–Trinajstić information content (AvgIpc) is 2.73. The van der Waals surface area contributed by atoms with Gasteiger partial charge in [0.1, 0.15) is 0 Å². The molecule has 1 aromatic carbocycles. The van der Waals surface area contributed by atoms with Crippen molar-refractivity contribution in [1.82, 2.24) is 9.80 Å². The van der Waals surface area contributed by atoms with Crippen LogP contribution in [0, 0.1) is 11.6 Å². The van der Waals surface area contributed by atoms with Gasteiger partial charge in [0.25, 0.3) is 0 Å². The maximum Gasteiger partial charge on any atom is 0.159 e. The Morgan fingerprint density at radius 1 is 1.20 bits per heavy atom. The molecule has 3 rings (SSSR count). The van der Waals surface area contributed by atoms with Crippen molar-refractivity contribution in [3.8, 4) is 0 Å². The van der Waals surface area contributed by atoms with Crippen LogP contribution in [-0.2, 0) is 6.54 Å². The highest BCUT2D eigenvalue weighted by molar-refractivity contribution is 5.18. The Labute approximate surface area is 117 Å². The van der Waals surface area contributed by atoms with Gasteiger partial charge in [-0.15, -0.1) is 0 Å². The summed E-state index contributed by atoms with van der Waals surface area (Å²) in [4.78, 5) is 4.61. The zero-order valence-electron chi connectivity index (χ0n) is 11.6. The third-order valence-corrected chi connectivity index (χ3v) is 4.44. The first-order chi connectivity index (χ1) is 9.52. The molecule has 20 heavy (non-hydrogen) atoms. The maximum atomic E-state index is 13.3. The number of aliphatic hydroxyl groups excluding tert-OH is 1. The fourth-order valence-electron chi connectivity index (χ4n) is 3.37. The summed E-state index contributed by atoms with van der Waals surface area (Å²) in [6.45, 7) is 5.32. The van der Waals surface area contributed by atoms with Crippen molar-refractivity contribution in [2.24, 2.45) is 0 Å². The predicted molar refractivity (Wildman–Crippen MR) is 72.2 cm³/mol. The average molecular weight is 282 g/mol. The largest absolute Gasteiger partial charge is 0.392 e. The van der Waals surface area contributed by atoms with E-state index in [4.69, 9.17) is 0 Å². The van der Waals surface area contributed by atoms with E-state index in [1.165, 1.54) is 12.1 Å². The molecule has 1 aromatic rings. The summed E-state index contributed by atoms with van der Waals surface area (Å²) >= 11 is 0. The molecule has 2 heterocycles. The number of aliphatic hydroxyl groups is 1. The first-order valence-electron chi connectivity index (χ1n) is 7.13. The van der Waals surface area contributed by atoms with E-state index < -0.39 is 11.6 Å². The number of hydrogen-bond donors (Lipinski definition) is 1. The quantitative estimate of drug-likeness (QED) is 0.892. The van der Waals surface area contributed by atoms with E-state index in [-0.39, 0.29) is 6.10 Å². The van der Waals surface area contributed by atoms with Crippen LogP contribution < -0.4 is 0 Å². The minimum Gasteiger partial charge on any atom is -0.392 e. The monoisotopic (exact) mass is 282 g/mol. The lowest BCUT2D eigenvalue weighted by Crippen LogP contribution is -2.54. The molecular weight excluding hydrogens is 262 g/mol. The van der Waals surface area contributed by atoms with Crippen LogP contribution >= 0.6 is 0 Å². The highest BCUT2D eigenvalue weighted by Gasteiger charge is 2.37. The van der Waals surface area contributed by atoms with E-state index >= 15 is 0 Å². The standard InChI is InChI=1S/C15H20F2N2O/c1-10-6-19-9-13(20)5-12(19)8-18(10)7-11-2-3-14(16)15(17)4-11/h2-4,10,12-13,20H,5-9H2,1H3/t10-,12?,13+/m0/s1. The Balaban J connectivity index is 1.69. The number of nitrogens with zero attached hydrogens (tertiary/aromatic N) is 2. The van der Waals surface area contributed by atoms with Crippen molar-refractivity contribution < 1.29 is 13.9 Å². The number of rotatable bonds is 2. The Morgan fingerprint density at radius 2 is 2.00 bits per heavy atom. The molecule has 0 saturated carbocycles. The van der Waals surface area contributed by atoms with Crippen LogP contribution in [0.25, 0.3) is 0 Å². The third kappa shape index (κ3) is 2.71. The predicted octanol–water partition coefficient (Wildman–Crippen LogP) is 1.60. The van der Waals surface area contributed by atoms with Crippen LogP contribution in [0.15, 0.2) is 18.2 Å². The lowest BCUT2D eigenvalue weighted by molar-refractivity contribution is 0.0528. The van der Waals surface area contributed by atoms with Crippen molar-refractivity contribution in [3.63, 3.8) is 0 Å². The number of halogens is 2. The topological polar surface area (TPSA) is 26.7 Å². The van der Waals surface area contributed by atoms with Crippen molar-refractivity contribution in [2.45, 2.75) is 38.1 Å². The Kier molecular flexibility index (Phi) is 3.75. The minimum atomic E-state index is -0.800. The second-order valence-corrected chi connectivity index (χ2v) is 6.02. The van der Waals surface area contributed by atoms with Crippen LogP contribution in [0.2, 0.25) is 0 Å². The van der Waals surface area contributed by atoms with E-state index in [9.17, 15) is 13.9 Å². The molecule has 1 N–H and O–H groups in total. The highest BCUT2D eigenvalue weighted by atomic mass is 19.2. The van der Waals surface area contributed by atoms with E-state index in [0.29, 0.717) is 18.6 Å². The lowest BCUT2D eigenvalue weighted by atomic mass is 10.1. The van der Waals surface area contributed by atoms with Gasteiger partial charge in [-0.1, -0.05) is 6.07 Å². The molecule has 5 heteroatoms. The van der Waals surface area contributed by atoms with Crippen LogP contribution in [0.3, 0.4) is 0 Å². The Hall–Kier alpha value is -1.04. The SMILES string of the molecule is C[C@H]1CN2C[C@H](O)CC2CN1Cc1ccc(F)c(F)c1. The van der Waals surface area contributed by atoms with Crippen LogP contribution in [0.5, 0.6) is 0 Å². The van der Waals surface area contributed by atoms with Gasteiger partial charge in [0, 0.05) is 38.3 Å². The van der Waals surface area contributed by atoms with Crippen molar-refractivity contribution >= 4 is 0 Å². The molecular formula is C15H20F2N2O. The van der Waals surface area contributed by atoms with Crippen molar-refractivity contribution in [3.05, 3.63) is 35.4 Å². The fraction of sp³-hybridized carbons (Fsp3) is 0.600. The van der Waals surface area contributed by atoms with E-state index in [1.807, 2.05) is 0 Å². The van der Waals surface area contributed by atoms with E-state index in [0.717, 1.165) is 31.6 Å². The van der Waals surface area contributed by atoms with Gasteiger partial charge in [-0.25, -0.2) is 8.78 Å². The second kappa shape index (κ2) is 5.39. The van der Waals surface area contributed by atoms with Gasteiger partial charge in [-0.05, 0) is 31.0 Å². The number of hydrogen-bond acceptors (Lipinski definition) is 3. The summed E-state index contributed by atoms with van der Waals surface area (Å²) in [6.07, 6.45) is 0.580. The molecule has 3 atom stereocenters. The molecule has 2 fully saturated rings. The smallest absolute Gasteiger partial charge is 0.159 e. The summed E-state index contributed by atoms with van der Waals surface area (Å²) in [7, 11) is 0. The summed E-state index contributed by atoms with van der Waals surface area (Å²) in [5, 5.41) is 9.74. The van der Waals surface area contributed by atoms with Gasteiger partial charge in [0.05, 0.1) is 6.10 Å². The van der Waals surface area contributed by atoms with Gasteiger partial charge in [0.2, 0.25) is 0 Å². The molecule has 0 aromatic heterocycles. The Morgan fingerprint density at radius 3 is 2.75 bits per heavy atom. The van der Waals surface area contributed by atoms with Gasteiger partial charge < -0.3 is 5.11 Å². The normalized spacial score (nSPS) is 31.5. The molecule has 2 aliphatic rings. The van der Waals surface area contributed by atoms with E-state index in [1.54, 1.807) is 6.07 Å². The van der Waals surface area contributed by atoms with Crippen LogP contribution in [-0.4, -0.2) is 52.7 Å². The first kappa shape index (κ1) is 13.9. The third-order valence-electron chi connectivity index (χ3n) is 4.44. The molecule has 0 spiro atoms. The van der Waals surface area contributed by atoms with Crippen LogP contribution in [0.4, 0.5) is 8.78 Å². The lowest BCUT2D eigenvalue weighted by Gasteiger charge is -2.42. The summed E-state index contributed by atoms with van der Waals surface area (Å²) < 4.78 is 26.2. The molecule has 2 aliphatic heterocycles. The highest BCUT2D eigenvalue weighted by Crippen LogP contribution is 2.26. The number of benzene rings is 1. The van der Waals surface area contributed by atoms with Gasteiger partial charge in [0.15, 0.2) is 11.6 Å². The number of fused-ring (bicyclic) bond motifs is 1. The molecule has 2 saturated heterocycles. The van der Waals surface area contributed by atoms with Gasteiger partial charge in [-0.2, -0.15) is 0 Å². The van der Waals surface area contributed by atoms with Crippen LogP contribution in [0.1, 0.15) is 18.9 Å². The minimum absolute atomic E-state index is 0.226. The fourth-order valence-corrected chi connectivity index (χ4v) is 3.37. The zero-order valence-corrected chi connectivity index (χ0v) is 11.6. The Bertz CT molecular complexity index is 497. The molecule has 3 nitrogen and oxygen atoms in total. The first-order valence-corrected chi connectivity index (χ1v) is 7.13. The molecule has 0 aliphatic carbocycles. The second-order valence-electron chi connectivity index (χ2n) is 6.02. The molecule has 0 bridgehead atoms. The molecule has 1 unspecified atom stereocenters. The zero-order chi connectivity index (χ0) is 14.3. The van der Waals surface area contributed by atoms with Crippen molar-refractivity contribution in [1.29, 1.82) is 0 Å². The van der Waals surface area contributed by atoms with Gasteiger partial charge in [-0.3, -0.25) is 9.80 Å². The van der Waals surface area contributed by atoms with E-state index in [2.05, 4.69) is 16.7 Å². The maximum absolute atomic E-state index is 13.3.